The lowest BCUT2D eigenvalue weighted by atomic mass is 10.1. The number of hydrogen-bond donors (Lipinski definition) is 0. The topological polar surface area (TPSA) is 15.7 Å². The van der Waals surface area contributed by atoms with Gasteiger partial charge in [-0.05, 0) is 49.2 Å². The Morgan fingerprint density at radius 1 is 1.00 bits per heavy atom. The van der Waals surface area contributed by atoms with Crippen LogP contribution in [0.2, 0.25) is 0 Å². The Balaban J connectivity index is 1.42. The Morgan fingerprint density at radius 3 is 2.67 bits per heavy atom. The third-order valence-electron chi connectivity index (χ3n) is 4.88. The second kappa shape index (κ2) is 7.18. The van der Waals surface area contributed by atoms with E-state index in [2.05, 4.69) is 59.3 Å². The van der Waals surface area contributed by atoms with E-state index in [4.69, 9.17) is 4.74 Å². The minimum atomic E-state index is 0.890. The number of ether oxygens (including phenoxy) is 1. The summed E-state index contributed by atoms with van der Waals surface area (Å²) in [5.41, 5.74) is 4.06. The van der Waals surface area contributed by atoms with Crippen molar-refractivity contribution in [2.24, 2.45) is 0 Å². The van der Waals surface area contributed by atoms with Crippen LogP contribution in [0.5, 0.6) is 0 Å². The molecule has 2 aromatic rings. The molecule has 0 bridgehead atoms. The summed E-state index contributed by atoms with van der Waals surface area (Å²) in [7, 11) is 2.16. The molecule has 0 atom stereocenters. The van der Waals surface area contributed by atoms with Crippen LogP contribution >= 0.6 is 11.8 Å². The first kappa shape index (κ1) is 16.0. The van der Waals surface area contributed by atoms with E-state index in [9.17, 15) is 0 Å². The SMILES string of the molecule is CN1c2ccccc2Sc2cc(CCCN3CCOCC3)ccc21. The van der Waals surface area contributed by atoms with Gasteiger partial charge in [-0.15, -0.1) is 0 Å². The number of para-hydroxylation sites is 1. The zero-order chi connectivity index (χ0) is 16.4. The number of aryl methyl sites for hydroxylation is 1. The normalized spacial score (nSPS) is 17.5. The van der Waals surface area contributed by atoms with Crippen LogP contribution < -0.4 is 4.90 Å². The van der Waals surface area contributed by atoms with E-state index in [0.717, 1.165) is 32.7 Å². The van der Waals surface area contributed by atoms with Crippen molar-refractivity contribution in [3.8, 4) is 0 Å². The van der Waals surface area contributed by atoms with Gasteiger partial charge in [-0.1, -0.05) is 30.0 Å². The van der Waals surface area contributed by atoms with Crippen molar-refractivity contribution in [1.82, 2.24) is 4.90 Å². The summed E-state index contributed by atoms with van der Waals surface area (Å²) in [4.78, 5) is 7.54. The highest BCUT2D eigenvalue weighted by Gasteiger charge is 2.20. The number of hydrogen-bond acceptors (Lipinski definition) is 4. The van der Waals surface area contributed by atoms with Gasteiger partial charge in [0.2, 0.25) is 0 Å². The van der Waals surface area contributed by atoms with Crippen LogP contribution in [0.25, 0.3) is 0 Å². The molecule has 1 fully saturated rings. The number of nitrogens with zero attached hydrogens (tertiary/aromatic N) is 2. The minimum absolute atomic E-state index is 0.890. The molecule has 2 aliphatic rings. The highest BCUT2D eigenvalue weighted by molar-refractivity contribution is 7.99. The predicted octanol–water partition coefficient (Wildman–Crippen LogP) is 4.18. The predicted molar refractivity (Wildman–Crippen MR) is 101 cm³/mol. The monoisotopic (exact) mass is 340 g/mol. The quantitative estimate of drug-likeness (QED) is 0.829. The molecule has 0 amide bonds. The lowest BCUT2D eigenvalue weighted by Crippen LogP contribution is -2.36. The van der Waals surface area contributed by atoms with Crippen LogP contribution in [-0.2, 0) is 11.2 Å². The highest BCUT2D eigenvalue weighted by Crippen LogP contribution is 2.47. The molecule has 1 saturated heterocycles. The molecular weight excluding hydrogens is 316 g/mol. The molecule has 4 rings (SSSR count). The lowest BCUT2D eigenvalue weighted by Gasteiger charge is -2.30. The van der Waals surface area contributed by atoms with E-state index >= 15 is 0 Å². The molecular formula is C20H24N2OS. The molecule has 0 N–H and O–H groups in total. The third-order valence-corrected chi connectivity index (χ3v) is 5.99. The lowest BCUT2D eigenvalue weighted by molar-refractivity contribution is 0.0374. The Labute approximate surface area is 148 Å². The average molecular weight is 340 g/mol. The Morgan fingerprint density at radius 2 is 1.79 bits per heavy atom. The Kier molecular flexibility index (Phi) is 4.79. The van der Waals surface area contributed by atoms with Crippen molar-refractivity contribution in [3.63, 3.8) is 0 Å². The molecule has 0 radical (unpaired) electrons. The third kappa shape index (κ3) is 3.32. The molecule has 3 nitrogen and oxygen atoms in total. The number of fused-ring (bicyclic) bond motifs is 2. The second-order valence-corrected chi connectivity index (χ2v) is 7.57. The average Bonchev–Trinajstić information content (AvgIpc) is 2.63. The van der Waals surface area contributed by atoms with Crippen molar-refractivity contribution < 1.29 is 4.74 Å². The van der Waals surface area contributed by atoms with Crippen molar-refractivity contribution in [2.75, 3.05) is 44.8 Å². The first-order valence-electron chi connectivity index (χ1n) is 8.75. The maximum Gasteiger partial charge on any atom is 0.0594 e. The molecule has 0 unspecified atom stereocenters. The molecule has 2 heterocycles. The Bertz CT molecular complexity index is 713. The van der Waals surface area contributed by atoms with Crippen LogP contribution in [0.1, 0.15) is 12.0 Å². The van der Waals surface area contributed by atoms with Crippen LogP contribution in [0.3, 0.4) is 0 Å². The number of rotatable bonds is 4. The van der Waals surface area contributed by atoms with Gasteiger partial charge in [0.1, 0.15) is 0 Å². The van der Waals surface area contributed by atoms with Gasteiger partial charge in [0.05, 0.1) is 24.6 Å². The summed E-state index contributed by atoms with van der Waals surface area (Å²) in [6.07, 6.45) is 2.37. The molecule has 0 aliphatic carbocycles. The van der Waals surface area contributed by atoms with E-state index in [0.29, 0.717) is 0 Å². The summed E-state index contributed by atoms with van der Waals surface area (Å²) in [6, 6.07) is 15.6. The standard InChI is InChI=1S/C20H24N2OS/c1-21-17-6-2-3-7-19(17)24-20-15-16(8-9-18(20)21)5-4-10-22-11-13-23-14-12-22/h2-3,6-9,15H,4-5,10-14H2,1H3. The van der Waals surface area contributed by atoms with Crippen molar-refractivity contribution in [3.05, 3.63) is 48.0 Å². The van der Waals surface area contributed by atoms with E-state index in [1.54, 1.807) is 0 Å². The minimum Gasteiger partial charge on any atom is -0.379 e. The van der Waals surface area contributed by atoms with Gasteiger partial charge in [-0.2, -0.15) is 0 Å². The zero-order valence-electron chi connectivity index (χ0n) is 14.2. The van der Waals surface area contributed by atoms with Crippen LogP contribution in [0, 0.1) is 0 Å². The summed E-state index contributed by atoms with van der Waals surface area (Å²) in [5, 5.41) is 0. The fourth-order valence-electron chi connectivity index (χ4n) is 3.47. The molecule has 2 aliphatic heterocycles. The van der Waals surface area contributed by atoms with E-state index < -0.39 is 0 Å². The van der Waals surface area contributed by atoms with E-state index in [1.807, 2.05) is 11.8 Å². The largest absolute Gasteiger partial charge is 0.379 e. The number of anilines is 2. The molecule has 24 heavy (non-hydrogen) atoms. The maximum absolute atomic E-state index is 5.42. The number of morpholine rings is 1. The van der Waals surface area contributed by atoms with E-state index in [1.165, 1.54) is 39.7 Å². The molecule has 0 saturated carbocycles. The fourth-order valence-corrected chi connectivity index (χ4v) is 4.69. The molecule has 0 aromatic heterocycles. The van der Waals surface area contributed by atoms with Gasteiger partial charge < -0.3 is 9.64 Å². The Hall–Kier alpha value is -1.49. The van der Waals surface area contributed by atoms with Crippen molar-refractivity contribution in [2.45, 2.75) is 22.6 Å². The molecule has 126 valence electrons. The summed E-state index contributed by atoms with van der Waals surface area (Å²) in [6.45, 7) is 5.13. The van der Waals surface area contributed by atoms with Gasteiger partial charge in [0.25, 0.3) is 0 Å². The first-order chi connectivity index (χ1) is 11.8. The summed E-state index contributed by atoms with van der Waals surface area (Å²) < 4.78 is 5.42. The van der Waals surface area contributed by atoms with Crippen LogP contribution in [0.4, 0.5) is 11.4 Å². The van der Waals surface area contributed by atoms with Gasteiger partial charge in [0.15, 0.2) is 0 Å². The fraction of sp³-hybridized carbons (Fsp3) is 0.400. The smallest absolute Gasteiger partial charge is 0.0594 e. The van der Waals surface area contributed by atoms with Crippen molar-refractivity contribution in [1.29, 1.82) is 0 Å². The molecule has 2 aromatic carbocycles. The molecule has 4 heteroatoms. The zero-order valence-corrected chi connectivity index (χ0v) is 15.0. The van der Waals surface area contributed by atoms with Gasteiger partial charge in [0, 0.05) is 29.9 Å². The van der Waals surface area contributed by atoms with Crippen LogP contribution in [-0.4, -0.2) is 44.8 Å². The second-order valence-electron chi connectivity index (χ2n) is 6.49. The maximum atomic E-state index is 5.42. The van der Waals surface area contributed by atoms with E-state index in [-0.39, 0.29) is 0 Å². The van der Waals surface area contributed by atoms with Gasteiger partial charge in [-0.25, -0.2) is 0 Å². The highest BCUT2D eigenvalue weighted by atomic mass is 32.2. The number of benzene rings is 2. The first-order valence-corrected chi connectivity index (χ1v) is 9.56. The van der Waals surface area contributed by atoms with Crippen molar-refractivity contribution >= 4 is 23.1 Å². The molecule has 0 spiro atoms. The van der Waals surface area contributed by atoms with Gasteiger partial charge in [-0.3, -0.25) is 4.90 Å². The van der Waals surface area contributed by atoms with Crippen LogP contribution in [0.15, 0.2) is 52.3 Å². The summed E-state index contributed by atoms with van der Waals surface area (Å²) in [5.74, 6) is 0. The summed E-state index contributed by atoms with van der Waals surface area (Å²) >= 11 is 1.89. The van der Waals surface area contributed by atoms with Gasteiger partial charge >= 0.3 is 0 Å².